The highest BCUT2D eigenvalue weighted by Crippen LogP contribution is 2.10. The van der Waals surface area contributed by atoms with Gasteiger partial charge >= 0.3 is 0 Å². The molecule has 0 atom stereocenters. The highest BCUT2D eigenvalue weighted by Gasteiger charge is 2.09. The normalized spacial score (nSPS) is 11.8. The molecule has 0 amide bonds. The molecule has 0 aliphatic rings. The van der Waals surface area contributed by atoms with Crippen LogP contribution in [0.5, 0.6) is 0 Å². The van der Waals surface area contributed by atoms with E-state index in [1.54, 1.807) is 27.9 Å². The van der Waals surface area contributed by atoms with E-state index in [4.69, 9.17) is 0 Å². The third-order valence-electron chi connectivity index (χ3n) is 3.35. The van der Waals surface area contributed by atoms with Crippen molar-refractivity contribution in [2.45, 2.75) is 0 Å². The molecule has 0 bridgehead atoms. The van der Waals surface area contributed by atoms with Gasteiger partial charge < -0.3 is 0 Å². The monoisotopic (exact) mass is 315 g/mol. The highest BCUT2D eigenvalue weighted by atomic mass is 15.5. The fraction of sp³-hybridized carbons (Fsp3) is 0. The van der Waals surface area contributed by atoms with Gasteiger partial charge in [-0.05, 0) is 11.1 Å². The van der Waals surface area contributed by atoms with Crippen molar-refractivity contribution in [1.29, 1.82) is 0 Å². The standard InChI is InChI=1S/C17H13N7/c1-3-7-14(8-4-1)11-18-16-21-22-17-23(13-20-24(16)17)19-12-15-9-5-2-6-10-15/h1-13H/b18-11?,19-12-. The van der Waals surface area contributed by atoms with Crippen LogP contribution in [0.2, 0.25) is 0 Å². The Labute approximate surface area is 137 Å². The third kappa shape index (κ3) is 2.82. The highest BCUT2D eigenvalue weighted by molar-refractivity contribution is 5.81. The molecule has 4 rings (SSSR count). The molecule has 2 aromatic heterocycles. The Morgan fingerprint density at radius 2 is 1.46 bits per heavy atom. The summed E-state index contributed by atoms with van der Waals surface area (Å²) in [6, 6.07) is 19.6. The molecule has 0 radical (unpaired) electrons. The molecule has 7 nitrogen and oxygen atoms in total. The van der Waals surface area contributed by atoms with Gasteiger partial charge in [-0.1, -0.05) is 60.7 Å². The van der Waals surface area contributed by atoms with Crippen molar-refractivity contribution in [2.24, 2.45) is 10.1 Å². The molecule has 0 fully saturated rings. The SMILES string of the molecule is C(=Nc1nnc2n(/N=C\c3ccccc3)cnn12)c1ccccc1. The molecule has 0 aliphatic heterocycles. The Hall–Kier alpha value is -3.61. The molecule has 2 heterocycles. The molecule has 0 N–H and O–H groups in total. The molecule has 0 saturated carbocycles. The van der Waals surface area contributed by atoms with Crippen LogP contribution in [0.1, 0.15) is 11.1 Å². The first-order valence-corrected chi connectivity index (χ1v) is 7.37. The van der Waals surface area contributed by atoms with Crippen LogP contribution in [0.4, 0.5) is 5.95 Å². The van der Waals surface area contributed by atoms with Crippen molar-refractivity contribution >= 4 is 24.2 Å². The minimum absolute atomic E-state index is 0.405. The number of hydrogen-bond donors (Lipinski definition) is 0. The van der Waals surface area contributed by atoms with Crippen LogP contribution < -0.4 is 0 Å². The second-order valence-corrected chi connectivity index (χ2v) is 5.01. The summed E-state index contributed by atoms with van der Waals surface area (Å²) in [5.41, 5.74) is 1.97. The average Bonchev–Trinajstić information content (AvgIpc) is 3.22. The van der Waals surface area contributed by atoms with E-state index in [-0.39, 0.29) is 0 Å². The lowest BCUT2D eigenvalue weighted by Gasteiger charge is -1.91. The maximum Gasteiger partial charge on any atom is 0.276 e. The first-order valence-electron chi connectivity index (χ1n) is 7.37. The summed E-state index contributed by atoms with van der Waals surface area (Å²) in [7, 11) is 0. The Bertz CT molecular complexity index is 914. The van der Waals surface area contributed by atoms with Gasteiger partial charge in [0.2, 0.25) is 0 Å². The summed E-state index contributed by atoms with van der Waals surface area (Å²) in [6.45, 7) is 0. The maximum absolute atomic E-state index is 4.35. The van der Waals surface area contributed by atoms with Gasteiger partial charge in [0.05, 0.1) is 6.21 Å². The van der Waals surface area contributed by atoms with Gasteiger partial charge in [0.15, 0.2) is 0 Å². The minimum Gasteiger partial charge on any atom is -0.218 e. The zero-order valence-electron chi connectivity index (χ0n) is 12.6. The fourth-order valence-corrected chi connectivity index (χ4v) is 2.16. The number of rotatable bonds is 4. The zero-order valence-corrected chi connectivity index (χ0v) is 12.6. The van der Waals surface area contributed by atoms with Crippen molar-refractivity contribution in [3.8, 4) is 0 Å². The molecule has 24 heavy (non-hydrogen) atoms. The first kappa shape index (κ1) is 14.0. The molecule has 7 heteroatoms. The van der Waals surface area contributed by atoms with Crippen molar-refractivity contribution in [3.63, 3.8) is 0 Å². The predicted molar refractivity (Wildman–Crippen MR) is 91.9 cm³/mol. The van der Waals surface area contributed by atoms with Crippen molar-refractivity contribution in [3.05, 3.63) is 78.1 Å². The second-order valence-electron chi connectivity index (χ2n) is 5.01. The molecule has 0 saturated heterocycles. The van der Waals surface area contributed by atoms with Gasteiger partial charge in [0, 0.05) is 6.21 Å². The molecule has 0 spiro atoms. The quantitative estimate of drug-likeness (QED) is 0.543. The van der Waals surface area contributed by atoms with Gasteiger partial charge in [0.25, 0.3) is 11.7 Å². The fourth-order valence-electron chi connectivity index (χ4n) is 2.16. The largest absolute Gasteiger partial charge is 0.276 e. The lowest BCUT2D eigenvalue weighted by Crippen LogP contribution is -1.90. The average molecular weight is 315 g/mol. The summed E-state index contributed by atoms with van der Waals surface area (Å²) >= 11 is 0. The molecular weight excluding hydrogens is 302 g/mol. The first-order chi connectivity index (χ1) is 11.9. The van der Waals surface area contributed by atoms with E-state index in [0.717, 1.165) is 11.1 Å². The van der Waals surface area contributed by atoms with Crippen LogP contribution in [0, 0.1) is 0 Å². The van der Waals surface area contributed by atoms with Crippen LogP contribution in [0.15, 0.2) is 77.1 Å². The van der Waals surface area contributed by atoms with Gasteiger partial charge in [-0.15, -0.1) is 15.3 Å². The number of aliphatic imine (C=N–C) groups is 1. The van der Waals surface area contributed by atoms with Gasteiger partial charge in [-0.3, -0.25) is 0 Å². The van der Waals surface area contributed by atoms with E-state index in [1.165, 1.54) is 0 Å². The number of benzene rings is 2. The Morgan fingerprint density at radius 3 is 2.17 bits per heavy atom. The van der Waals surface area contributed by atoms with Crippen LogP contribution in [0.25, 0.3) is 5.78 Å². The predicted octanol–water partition coefficient (Wildman–Crippen LogP) is 2.56. The van der Waals surface area contributed by atoms with Crippen molar-refractivity contribution < 1.29 is 0 Å². The van der Waals surface area contributed by atoms with E-state index in [9.17, 15) is 0 Å². The summed E-state index contributed by atoms with van der Waals surface area (Å²) in [6.07, 6.45) is 5.04. The lowest BCUT2D eigenvalue weighted by molar-refractivity contribution is 0.882. The summed E-state index contributed by atoms with van der Waals surface area (Å²) < 4.78 is 3.10. The number of fused-ring (bicyclic) bond motifs is 1. The van der Waals surface area contributed by atoms with E-state index >= 15 is 0 Å². The number of hydrogen-bond acceptors (Lipinski definition) is 5. The second kappa shape index (κ2) is 6.25. The van der Waals surface area contributed by atoms with Gasteiger partial charge in [0.1, 0.15) is 6.33 Å². The Balaban J connectivity index is 1.61. The number of aromatic nitrogens is 5. The summed E-state index contributed by atoms with van der Waals surface area (Å²) in [5, 5.41) is 16.7. The van der Waals surface area contributed by atoms with E-state index < -0.39 is 0 Å². The van der Waals surface area contributed by atoms with Gasteiger partial charge in [-0.25, -0.2) is 4.99 Å². The lowest BCUT2D eigenvalue weighted by atomic mass is 10.2. The molecule has 116 valence electrons. The van der Waals surface area contributed by atoms with Crippen molar-refractivity contribution in [1.82, 2.24) is 24.5 Å². The third-order valence-corrected chi connectivity index (χ3v) is 3.35. The Morgan fingerprint density at radius 1 is 0.792 bits per heavy atom. The molecule has 4 aromatic rings. The van der Waals surface area contributed by atoms with Crippen LogP contribution in [0.3, 0.4) is 0 Å². The maximum atomic E-state index is 4.35. The van der Waals surface area contributed by atoms with E-state index in [1.807, 2.05) is 60.7 Å². The Kier molecular flexibility index (Phi) is 3.65. The zero-order chi connectivity index (χ0) is 16.2. The molecule has 2 aromatic carbocycles. The minimum atomic E-state index is 0.405. The smallest absolute Gasteiger partial charge is 0.218 e. The van der Waals surface area contributed by atoms with Crippen LogP contribution >= 0.6 is 0 Å². The molecular formula is C17H13N7. The van der Waals surface area contributed by atoms with E-state index in [2.05, 4.69) is 25.4 Å². The summed E-state index contributed by atoms with van der Waals surface area (Å²) in [5.74, 6) is 0.907. The molecule has 0 aliphatic carbocycles. The summed E-state index contributed by atoms with van der Waals surface area (Å²) in [4.78, 5) is 4.33. The molecule has 0 unspecified atom stereocenters. The van der Waals surface area contributed by atoms with Gasteiger partial charge in [-0.2, -0.15) is 14.3 Å². The van der Waals surface area contributed by atoms with Crippen LogP contribution in [-0.2, 0) is 0 Å². The van der Waals surface area contributed by atoms with Crippen LogP contribution in [-0.4, -0.2) is 36.9 Å². The topological polar surface area (TPSA) is 72.7 Å². The number of nitrogens with zero attached hydrogens (tertiary/aromatic N) is 7. The van der Waals surface area contributed by atoms with E-state index in [0.29, 0.717) is 11.7 Å². The van der Waals surface area contributed by atoms with Crippen molar-refractivity contribution in [2.75, 3.05) is 0 Å².